The van der Waals surface area contributed by atoms with Gasteiger partial charge in [-0.15, -0.1) is 0 Å². The summed E-state index contributed by atoms with van der Waals surface area (Å²) in [6.07, 6.45) is 1.43. The van der Waals surface area contributed by atoms with Crippen molar-refractivity contribution in [2.45, 2.75) is 6.92 Å². The maximum Gasteiger partial charge on any atom is 0.266 e. The number of phenols is 1. The van der Waals surface area contributed by atoms with Gasteiger partial charge >= 0.3 is 0 Å². The monoisotopic (exact) mass is 468 g/mol. The number of carbonyl (C=O) groups excluding carboxylic acids is 1. The lowest BCUT2D eigenvalue weighted by molar-refractivity contribution is -0.112. The Morgan fingerprint density at radius 1 is 1.44 bits per heavy atom. The molecule has 0 heterocycles. The molecule has 5 nitrogen and oxygen atoms in total. The summed E-state index contributed by atoms with van der Waals surface area (Å²) in [5.74, 6) is -0.250. The minimum Gasteiger partial charge on any atom is -0.504 e. The van der Waals surface area contributed by atoms with Crippen LogP contribution in [0.15, 0.2) is 42.0 Å². The number of hydrogen-bond donors (Lipinski definition) is 2. The minimum absolute atomic E-state index is 0.0265. The van der Waals surface area contributed by atoms with E-state index in [4.69, 9.17) is 16.3 Å². The zero-order valence-electron chi connectivity index (χ0n) is 13.2. The van der Waals surface area contributed by atoms with Crippen molar-refractivity contribution in [1.29, 1.82) is 5.26 Å². The molecule has 2 rings (SSSR count). The molecule has 25 heavy (non-hydrogen) atoms. The fraction of sp³-hybridized carbons (Fsp3) is 0.111. The van der Waals surface area contributed by atoms with Gasteiger partial charge in [-0.1, -0.05) is 23.7 Å². The largest absolute Gasteiger partial charge is 0.504 e. The number of ether oxygens (including phenoxy) is 1. The highest BCUT2D eigenvalue weighted by atomic mass is 127. The van der Waals surface area contributed by atoms with Gasteiger partial charge in [0.25, 0.3) is 5.91 Å². The van der Waals surface area contributed by atoms with E-state index in [1.807, 2.05) is 28.7 Å². The van der Waals surface area contributed by atoms with Crippen LogP contribution in [-0.4, -0.2) is 17.6 Å². The Hall–Kier alpha value is -2.24. The number of rotatable bonds is 5. The Morgan fingerprint density at radius 2 is 2.16 bits per heavy atom. The Labute approximate surface area is 164 Å². The van der Waals surface area contributed by atoms with E-state index in [9.17, 15) is 15.2 Å². The number of anilines is 1. The fourth-order valence-electron chi connectivity index (χ4n) is 2.01. The zero-order valence-corrected chi connectivity index (χ0v) is 16.1. The van der Waals surface area contributed by atoms with E-state index in [1.54, 1.807) is 43.3 Å². The standard InChI is InChI=1S/C18H14ClIN2O3/c1-2-25-16-9-11(8-14(20)17(16)23)7-12(10-21)18(24)22-15-6-4-3-5-13(15)19/h3-9,23H,2H2,1H3,(H,22,24)/b12-7+. The van der Waals surface area contributed by atoms with Crippen molar-refractivity contribution in [3.8, 4) is 17.6 Å². The zero-order chi connectivity index (χ0) is 18.4. The Morgan fingerprint density at radius 3 is 2.80 bits per heavy atom. The highest BCUT2D eigenvalue weighted by Gasteiger charge is 2.13. The molecule has 7 heteroatoms. The fourth-order valence-corrected chi connectivity index (χ4v) is 2.82. The van der Waals surface area contributed by atoms with Crippen LogP contribution in [0, 0.1) is 14.9 Å². The van der Waals surface area contributed by atoms with E-state index < -0.39 is 5.91 Å². The van der Waals surface area contributed by atoms with Crippen LogP contribution in [-0.2, 0) is 4.79 Å². The number of nitrogens with zero attached hydrogens (tertiary/aromatic N) is 1. The Balaban J connectivity index is 2.32. The number of amides is 1. The molecule has 0 atom stereocenters. The van der Waals surface area contributed by atoms with E-state index in [2.05, 4.69) is 5.32 Å². The number of nitrogens with one attached hydrogen (secondary N) is 1. The molecule has 0 saturated heterocycles. The highest BCUT2D eigenvalue weighted by Crippen LogP contribution is 2.33. The molecule has 0 aliphatic heterocycles. The highest BCUT2D eigenvalue weighted by molar-refractivity contribution is 14.1. The molecule has 0 saturated carbocycles. The number of benzene rings is 2. The van der Waals surface area contributed by atoms with E-state index in [0.29, 0.717) is 32.2 Å². The predicted octanol–water partition coefficient (Wildman–Crippen LogP) is 4.59. The van der Waals surface area contributed by atoms with Crippen molar-refractivity contribution in [3.05, 3.63) is 56.1 Å². The molecule has 2 aromatic rings. The van der Waals surface area contributed by atoms with E-state index >= 15 is 0 Å². The van der Waals surface area contributed by atoms with Gasteiger partial charge in [0.2, 0.25) is 0 Å². The molecule has 0 bridgehead atoms. The Kier molecular flexibility index (Phi) is 6.67. The average Bonchev–Trinajstić information content (AvgIpc) is 2.59. The molecule has 128 valence electrons. The van der Waals surface area contributed by atoms with Crippen molar-refractivity contribution >= 4 is 51.9 Å². The number of phenolic OH excluding ortho intramolecular Hbond substituents is 1. The number of carbonyl (C=O) groups is 1. The van der Waals surface area contributed by atoms with Crippen LogP contribution in [0.25, 0.3) is 6.08 Å². The van der Waals surface area contributed by atoms with Gasteiger partial charge < -0.3 is 15.2 Å². The van der Waals surface area contributed by atoms with Crippen LogP contribution >= 0.6 is 34.2 Å². The first-order valence-electron chi connectivity index (χ1n) is 7.29. The molecule has 0 spiro atoms. The number of aromatic hydroxyl groups is 1. The van der Waals surface area contributed by atoms with E-state index in [0.717, 1.165) is 0 Å². The van der Waals surface area contributed by atoms with Gasteiger partial charge in [0.05, 0.1) is 20.9 Å². The van der Waals surface area contributed by atoms with E-state index in [-0.39, 0.29) is 11.3 Å². The first kappa shape index (κ1) is 19.1. The molecule has 0 radical (unpaired) electrons. The van der Waals surface area contributed by atoms with Crippen LogP contribution in [0.2, 0.25) is 5.02 Å². The summed E-state index contributed by atoms with van der Waals surface area (Å²) in [6.45, 7) is 2.18. The number of hydrogen-bond acceptors (Lipinski definition) is 4. The van der Waals surface area contributed by atoms with Crippen molar-refractivity contribution in [2.75, 3.05) is 11.9 Å². The summed E-state index contributed by atoms with van der Waals surface area (Å²) in [5, 5.41) is 22.3. The molecule has 0 aliphatic rings. The molecule has 1 amide bonds. The van der Waals surface area contributed by atoms with Gasteiger partial charge in [-0.3, -0.25) is 4.79 Å². The molecular formula is C18H14ClIN2O3. The smallest absolute Gasteiger partial charge is 0.266 e. The first-order valence-corrected chi connectivity index (χ1v) is 8.75. The van der Waals surface area contributed by atoms with Crippen molar-refractivity contribution in [3.63, 3.8) is 0 Å². The van der Waals surface area contributed by atoms with Crippen LogP contribution < -0.4 is 10.1 Å². The third-order valence-electron chi connectivity index (χ3n) is 3.15. The van der Waals surface area contributed by atoms with Gasteiger partial charge in [-0.05, 0) is 65.4 Å². The second-order valence-corrected chi connectivity index (χ2v) is 6.46. The topological polar surface area (TPSA) is 82.3 Å². The summed E-state index contributed by atoms with van der Waals surface area (Å²) < 4.78 is 5.91. The lowest BCUT2D eigenvalue weighted by Crippen LogP contribution is -2.13. The molecule has 2 N–H and O–H groups in total. The van der Waals surface area contributed by atoms with Crippen LogP contribution in [0.1, 0.15) is 12.5 Å². The van der Waals surface area contributed by atoms with Gasteiger partial charge in [0, 0.05) is 0 Å². The van der Waals surface area contributed by atoms with Gasteiger partial charge in [0.15, 0.2) is 11.5 Å². The van der Waals surface area contributed by atoms with Crippen molar-refractivity contribution < 1.29 is 14.6 Å². The molecule has 0 fully saturated rings. The summed E-state index contributed by atoms with van der Waals surface area (Å²) >= 11 is 7.96. The van der Waals surface area contributed by atoms with Gasteiger partial charge in [0.1, 0.15) is 11.6 Å². The average molecular weight is 469 g/mol. The van der Waals surface area contributed by atoms with Crippen LogP contribution in [0.4, 0.5) is 5.69 Å². The number of para-hydroxylation sites is 1. The quantitative estimate of drug-likeness (QED) is 0.382. The van der Waals surface area contributed by atoms with Crippen molar-refractivity contribution in [2.24, 2.45) is 0 Å². The van der Waals surface area contributed by atoms with E-state index in [1.165, 1.54) is 6.08 Å². The molecule has 0 aliphatic carbocycles. The van der Waals surface area contributed by atoms with Crippen LogP contribution in [0.5, 0.6) is 11.5 Å². The summed E-state index contributed by atoms with van der Waals surface area (Å²) in [5.41, 5.74) is 0.894. The van der Waals surface area contributed by atoms with Gasteiger partial charge in [-0.25, -0.2) is 0 Å². The third kappa shape index (κ3) is 4.87. The number of halogens is 2. The first-order chi connectivity index (χ1) is 12.0. The maximum atomic E-state index is 12.3. The predicted molar refractivity (Wildman–Crippen MR) is 106 cm³/mol. The van der Waals surface area contributed by atoms with Crippen LogP contribution in [0.3, 0.4) is 0 Å². The summed E-state index contributed by atoms with van der Waals surface area (Å²) in [6, 6.07) is 11.9. The molecular weight excluding hydrogens is 455 g/mol. The van der Waals surface area contributed by atoms with Crippen molar-refractivity contribution in [1.82, 2.24) is 0 Å². The van der Waals surface area contributed by atoms with Gasteiger partial charge in [-0.2, -0.15) is 5.26 Å². The second kappa shape index (κ2) is 8.74. The SMILES string of the molecule is CCOc1cc(/C=C(\C#N)C(=O)Nc2ccccc2Cl)cc(I)c1O. The molecule has 2 aromatic carbocycles. The summed E-state index contributed by atoms with van der Waals surface area (Å²) in [7, 11) is 0. The molecule has 0 aromatic heterocycles. The summed E-state index contributed by atoms with van der Waals surface area (Å²) in [4.78, 5) is 12.3. The number of nitriles is 1. The normalized spacial score (nSPS) is 10.9. The lowest BCUT2D eigenvalue weighted by Gasteiger charge is -2.09. The maximum absolute atomic E-state index is 12.3. The second-order valence-electron chi connectivity index (χ2n) is 4.89. The lowest BCUT2D eigenvalue weighted by atomic mass is 10.1. The Bertz CT molecular complexity index is 875. The molecule has 0 unspecified atom stereocenters. The third-order valence-corrected chi connectivity index (χ3v) is 4.30. The minimum atomic E-state index is -0.573.